The molecule has 0 aliphatic heterocycles. The van der Waals surface area contributed by atoms with Crippen molar-refractivity contribution in [1.82, 2.24) is 0 Å². The Morgan fingerprint density at radius 1 is 1.47 bits per heavy atom. The summed E-state index contributed by atoms with van der Waals surface area (Å²) < 4.78 is 6.71. The molecule has 1 aromatic rings. The van der Waals surface area contributed by atoms with Gasteiger partial charge in [-0.3, -0.25) is 0 Å². The lowest BCUT2D eigenvalue weighted by molar-refractivity contribution is 0.322. The number of ether oxygens (including phenoxy) is 1. The normalized spacial score (nSPS) is 10.1. The van der Waals surface area contributed by atoms with Crippen LogP contribution in [0.5, 0.6) is 5.75 Å². The van der Waals surface area contributed by atoms with E-state index in [2.05, 4.69) is 41.8 Å². The molecular weight excluding hydrogens is 252 g/mol. The molecule has 0 radical (unpaired) electrons. The van der Waals surface area contributed by atoms with E-state index in [1.165, 1.54) is 5.56 Å². The Kier molecular flexibility index (Phi) is 4.71. The fraction of sp³-hybridized carbons (Fsp3) is 0.385. The molecule has 0 N–H and O–H groups in total. The SMILES string of the molecule is C#CCCOc1ccc(Br)cc1C(C)C. The first-order valence-electron chi connectivity index (χ1n) is 5.01. The van der Waals surface area contributed by atoms with Gasteiger partial charge in [-0.1, -0.05) is 29.8 Å². The summed E-state index contributed by atoms with van der Waals surface area (Å²) in [6, 6.07) is 6.06. The molecule has 80 valence electrons. The van der Waals surface area contributed by atoms with Crippen molar-refractivity contribution in [3.8, 4) is 18.1 Å². The maximum Gasteiger partial charge on any atom is 0.122 e. The molecule has 2 heteroatoms. The van der Waals surface area contributed by atoms with Crippen LogP contribution in [0.4, 0.5) is 0 Å². The second-order valence-corrected chi connectivity index (χ2v) is 4.56. The van der Waals surface area contributed by atoms with Crippen molar-refractivity contribution in [2.24, 2.45) is 0 Å². The standard InChI is InChI=1S/C13H15BrO/c1-4-5-8-15-13-7-6-11(14)9-12(13)10(2)3/h1,6-7,9-10H,5,8H2,2-3H3. The van der Waals surface area contributed by atoms with Gasteiger partial charge in [-0.15, -0.1) is 12.3 Å². The predicted octanol–water partition coefficient (Wildman–Crippen LogP) is 3.97. The Morgan fingerprint density at radius 3 is 2.80 bits per heavy atom. The zero-order valence-corrected chi connectivity index (χ0v) is 10.7. The van der Waals surface area contributed by atoms with Crippen LogP contribution in [-0.4, -0.2) is 6.61 Å². The van der Waals surface area contributed by atoms with Gasteiger partial charge in [0.1, 0.15) is 5.75 Å². The zero-order valence-electron chi connectivity index (χ0n) is 9.09. The van der Waals surface area contributed by atoms with Crippen LogP contribution < -0.4 is 4.74 Å². The molecule has 0 saturated carbocycles. The average Bonchev–Trinajstić information content (AvgIpc) is 2.20. The predicted molar refractivity (Wildman–Crippen MR) is 67.2 cm³/mol. The molecule has 0 aliphatic rings. The molecule has 1 aromatic carbocycles. The highest BCUT2D eigenvalue weighted by molar-refractivity contribution is 9.10. The van der Waals surface area contributed by atoms with Crippen LogP contribution in [0.15, 0.2) is 22.7 Å². The first-order chi connectivity index (χ1) is 7.15. The maximum absolute atomic E-state index is 5.63. The van der Waals surface area contributed by atoms with E-state index in [0.717, 1.165) is 10.2 Å². The van der Waals surface area contributed by atoms with Gasteiger partial charge < -0.3 is 4.74 Å². The van der Waals surface area contributed by atoms with Crippen LogP contribution >= 0.6 is 15.9 Å². The van der Waals surface area contributed by atoms with Crippen molar-refractivity contribution < 1.29 is 4.74 Å². The molecule has 0 bridgehead atoms. The monoisotopic (exact) mass is 266 g/mol. The van der Waals surface area contributed by atoms with Gasteiger partial charge in [-0.2, -0.15) is 0 Å². The van der Waals surface area contributed by atoms with E-state index in [0.29, 0.717) is 18.9 Å². The minimum absolute atomic E-state index is 0.448. The first-order valence-corrected chi connectivity index (χ1v) is 5.80. The molecule has 0 spiro atoms. The molecule has 1 rings (SSSR count). The molecule has 0 unspecified atom stereocenters. The number of rotatable bonds is 4. The third-order valence-corrected chi connectivity index (χ3v) is 2.59. The highest BCUT2D eigenvalue weighted by Crippen LogP contribution is 2.29. The third kappa shape index (κ3) is 3.60. The van der Waals surface area contributed by atoms with Gasteiger partial charge in [0.2, 0.25) is 0 Å². The lowest BCUT2D eigenvalue weighted by Gasteiger charge is -2.13. The van der Waals surface area contributed by atoms with E-state index >= 15 is 0 Å². The van der Waals surface area contributed by atoms with Crippen LogP contribution in [0.2, 0.25) is 0 Å². The molecule has 0 aromatic heterocycles. The molecular formula is C13H15BrO. The van der Waals surface area contributed by atoms with Crippen molar-refractivity contribution >= 4 is 15.9 Å². The Morgan fingerprint density at radius 2 is 2.20 bits per heavy atom. The zero-order chi connectivity index (χ0) is 11.3. The number of terminal acetylenes is 1. The van der Waals surface area contributed by atoms with E-state index in [4.69, 9.17) is 11.2 Å². The first kappa shape index (κ1) is 12.1. The Labute approximate surface area is 100.0 Å². The van der Waals surface area contributed by atoms with Gasteiger partial charge in [0, 0.05) is 10.9 Å². The Hall–Kier alpha value is -0.940. The summed E-state index contributed by atoms with van der Waals surface area (Å²) in [5, 5.41) is 0. The quantitative estimate of drug-likeness (QED) is 0.592. The van der Waals surface area contributed by atoms with Crippen LogP contribution in [0.1, 0.15) is 31.7 Å². The lowest BCUT2D eigenvalue weighted by atomic mass is 10.0. The van der Waals surface area contributed by atoms with E-state index in [1.54, 1.807) is 0 Å². The number of benzene rings is 1. The molecule has 15 heavy (non-hydrogen) atoms. The fourth-order valence-electron chi connectivity index (χ4n) is 1.32. The summed E-state index contributed by atoms with van der Waals surface area (Å²) in [6.45, 7) is 4.88. The van der Waals surface area contributed by atoms with Crippen molar-refractivity contribution in [2.45, 2.75) is 26.2 Å². The van der Waals surface area contributed by atoms with Gasteiger partial charge in [-0.05, 0) is 29.7 Å². The molecule has 0 amide bonds. The van der Waals surface area contributed by atoms with Gasteiger partial charge in [0.05, 0.1) is 6.61 Å². The van der Waals surface area contributed by atoms with Gasteiger partial charge >= 0.3 is 0 Å². The Balaban J connectivity index is 2.82. The summed E-state index contributed by atoms with van der Waals surface area (Å²) in [6.07, 6.45) is 5.82. The second kappa shape index (κ2) is 5.82. The molecule has 1 nitrogen and oxygen atoms in total. The van der Waals surface area contributed by atoms with E-state index in [1.807, 2.05) is 12.1 Å². The molecule has 0 atom stereocenters. The molecule has 0 fully saturated rings. The summed E-state index contributed by atoms with van der Waals surface area (Å²) in [5.74, 6) is 3.95. The number of hydrogen-bond acceptors (Lipinski definition) is 1. The van der Waals surface area contributed by atoms with E-state index < -0.39 is 0 Å². The van der Waals surface area contributed by atoms with Crippen LogP contribution in [0.25, 0.3) is 0 Å². The van der Waals surface area contributed by atoms with Crippen molar-refractivity contribution in [2.75, 3.05) is 6.61 Å². The summed E-state index contributed by atoms with van der Waals surface area (Å²) in [7, 11) is 0. The van der Waals surface area contributed by atoms with Gasteiger partial charge in [-0.25, -0.2) is 0 Å². The van der Waals surface area contributed by atoms with Crippen molar-refractivity contribution in [3.63, 3.8) is 0 Å². The smallest absolute Gasteiger partial charge is 0.122 e. The van der Waals surface area contributed by atoms with Gasteiger partial charge in [0.25, 0.3) is 0 Å². The number of halogens is 1. The number of hydrogen-bond donors (Lipinski definition) is 0. The average molecular weight is 267 g/mol. The van der Waals surface area contributed by atoms with E-state index in [-0.39, 0.29) is 0 Å². The van der Waals surface area contributed by atoms with Crippen LogP contribution in [0, 0.1) is 12.3 Å². The summed E-state index contributed by atoms with van der Waals surface area (Å²) in [4.78, 5) is 0. The molecule has 0 saturated heterocycles. The Bertz CT molecular complexity index is 363. The van der Waals surface area contributed by atoms with E-state index in [9.17, 15) is 0 Å². The topological polar surface area (TPSA) is 9.23 Å². The largest absolute Gasteiger partial charge is 0.492 e. The third-order valence-electron chi connectivity index (χ3n) is 2.10. The molecule has 0 aliphatic carbocycles. The lowest BCUT2D eigenvalue weighted by Crippen LogP contribution is -2.00. The van der Waals surface area contributed by atoms with Crippen LogP contribution in [-0.2, 0) is 0 Å². The maximum atomic E-state index is 5.63. The molecule has 0 heterocycles. The van der Waals surface area contributed by atoms with Crippen LogP contribution in [0.3, 0.4) is 0 Å². The minimum atomic E-state index is 0.448. The second-order valence-electron chi connectivity index (χ2n) is 3.64. The fourth-order valence-corrected chi connectivity index (χ4v) is 1.70. The minimum Gasteiger partial charge on any atom is -0.492 e. The van der Waals surface area contributed by atoms with Gasteiger partial charge in [0.15, 0.2) is 0 Å². The van der Waals surface area contributed by atoms with Crippen molar-refractivity contribution in [1.29, 1.82) is 0 Å². The summed E-state index contributed by atoms with van der Waals surface area (Å²) >= 11 is 3.46. The highest BCUT2D eigenvalue weighted by Gasteiger charge is 2.07. The van der Waals surface area contributed by atoms with Crippen molar-refractivity contribution in [3.05, 3.63) is 28.2 Å². The highest BCUT2D eigenvalue weighted by atomic mass is 79.9. The summed E-state index contributed by atoms with van der Waals surface area (Å²) in [5.41, 5.74) is 1.21.